The van der Waals surface area contributed by atoms with Gasteiger partial charge in [0.2, 0.25) is 11.8 Å². The average Bonchev–Trinajstić information content (AvgIpc) is 3.47. The van der Waals surface area contributed by atoms with Gasteiger partial charge in [-0.2, -0.15) is 0 Å². The van der Waals surface area contributed by atoms with Gasteiger partial charge < -0.3 is 15.4 Å². The lowest BCUT2D eigenvalue weighted by molar-refractivity contribution is -0.134. The molecular formula is C21H28N2O4. The smallest absolute Gasteiger partial charge is 0.338 e. The first-order valence-corrected chi connectivity index (χ1v) is 9.90. The van der Waals surface area contributed by atoms with Gasteiger partial charge in [0.25, 0.3) is 0 Å². The number of amides is 2. The van der Waals surface area contributed by atoms with Crippen LogP contribution in [0.1, 0.15) is 68.6 Å². The van der Waals surface area contributed by atoms with Gasteiger partial charge in [-0.05, 0) is 56.9 Å². The Morgan fingerprint density at radius 1 is 1.07 bits per heavy atom. The molecule has 0 radical (unpaired) electrons. The van der Waals surface area contributed by atoms with Gasteiger partial charge in [0.1, 0.15) is 0 Å². The largest absolute Gasteiger partial charge is 0.462 e. The normalized spacial score (nSPS) is 18.4. The molecule has 6 nitrogen and oxygen atoms in total. The van der Waals surface area contributed by atoms with Gasteiger partial charge in [0.05, 0.1) is 17.6 Å². The highest BCUT2D eigenvalue weighted by atomic mass is 16.5. The number of hydrogen-bond acceptors (Lipinski definition) is 4. The van der Waals surface area contributed by atoms with E-state index < -0.39 is 5.41 Å². The van der Waals surface area contributed by atoms with Gasteiger partial charge in [-0.1, -0.05) is 19.3 Å². The summed E-state index contributed by atoms with van der Waals surface area (Å²) >= 11 is 0. The molecule has 2 N–H and O–H groups in total. The zero-order valence-corrected chi connectivity index (χ0v) is 15.9. The predicted molar refractivity (Wildman–Crippen MR) is 102 cm³/mol. The Kier molecular flexibility index (Phi) is 6.14. The molecule has 0 unspecified atom stereocenters. The van der Waals surface area contributed by atoms with Crippen molar-refractivity contribution in [2.24, 2.45) is 5.41 Å². The summed E-state index contributed by atoms with van der Waals surface area (Å²) in [5.41, 5.74) is 0.434. The van der Waals surface area contributed by atoms with Crippen LogP contribution in [0.2, 0.25) is 0 Å². The lowest BCUT2D eigenvalue weighted by atomic mass is 9.70. The molecule has 2 saturated carbocycles. The second-order valence-electron chi connectivity index (χ2n) is 7.61. The van der Waals surface area contributed by atoms with E-state index in [2.05, 4.69) is 10.6 Å². The highest BCUT2D eigenvalue weighted by molar-refractivity contribution is 5.98. The molecule has 0 atom stereocenters. The van der Waals surface area contributed by atoms with Crippen molar-refractivity contribution in [3.63, 3.8) is 0 Å². The van der Waals surface area contributed by atoms with Gasteiger partial charge in [0.15, 0.2) is 0 Å². The van der Waals surface area contributed by atoms with E-state index in [4.69, 9.17) is 4.74 Å². The number of benzene rings is 1. The van der Waals surface area contributed by atoms with E-state index in [9.17, 15) is 14.4 Å². The van der Waals surface area contributed by atoms with Gasteiger partial charge >= 0.3 is 5.97 Å². The van der Waals surface area contributed by atoms with Crippen LogP contribution in [0.15, 0.2) is 24.3 Å². The number of hydrogen-bond donors (Lipinski definition) is 2. The molecule has 27 heavy (non-hydrogen) atoms. The summed E-state index contributed by atoms with van der Waals surface area (Å²) in [6.07, 6.45) is 6.83. The van der Waals surface area contributed by atoms with Crippen LogP contribution in [-0.4, -0.2) is 30.4 Å². The molecule has 0 heterocycles. The SMILES string of the molecule is CCOC(=O)c1ccc(NC(=O)C2(CC(=O)NC3CC3)CCCCC2)cc1. The molecule has 3 rings (SSSR count). The number of anilines is 1. The second kappa shape index (κ2) is 8.55. The predicted octanol–water partition coefficient (Wildman–Crippen LogP) is 3.42. The van der Waals surface area contributed by atoms with Crippen LogP contribution in [0.25, 0.3) is 0 Å². The summed E-state index contributed by atoms with van der Waals surface area (Å²) in [5.74, 6) is -0.500. The second-order valence-corrected chi connectivity index (χ2v) is 7.61. The molecule has 0 aromatic heterocycles. The first-order valence-electron chi connectivity index (χ1n) is 9.90. The molecule has 2 aliphatic carbocycles. The van der Waals surface area contributed by atoms with Crippen molar-refractivity contribution >= 4 is 23.5 Å². The third-order valence-corrected chi connectivity index (χ3v) is 5.39. The highest BCUT2D eigenvalue weighted by Gasteiger charge is 2.42. The Hall–Kier alpha value is -2.37. The number of carbonyl (C=O) groups excluding carboxylic acids is 3. The summed E-state index contributed by atoms with van der Waals surface area (Å²) in [6.45, 7) is 2.08. The van der Waals surface area contributed by atoms with E-state index >= 15 is 0 Å². The fraction of sp³-hybridized carbons (Fsp3) is 0.571. The standard InChI is InChI=1S/C21H28N2O4/c1-2-27-19(25)15-6-8-17(9-7-15)23-20(26)21(12-4-3-5-13-21)14-18(24)22-16-10-11-16/h6-9,16H,2-5,10-14H2,1H3,(H,22,24)(H,23,26). The minimum Gasteiger partial charge on any atom is -0.462 e. The molecule has 2 amide bonds. The van der Waals surface area contributed by atoms with Crippen molar-refractivity contribution in [2.75, 3.05) is 11.9 Å². The van der Waals surface area contributed by atoms with Crippen LogP contribution in [-0.2, 0) is 14.3 Å². The van der Waals surface area contributed by atoms with Gasteiger partial charge in [-0.15, -0.1) is 0 Å². The number of ether oxygens (including phenoxy) is 1. The van der Waals surface area contributed by atoms with E-state index in [1.807, 2.05) is 0 Å². The van der Waals surface area contributed by atoms with E-state index in [0.717, 1.165) is 44.9 Å². The number of esters is 1. The maximum Gasteiger partial charge on any atom is 0.338 e. The maximum atomic E-state index is 13.1. The van der Waals surface area contributed by atoms with Gasteiger partial charge in [-0.25, -0.2) is 4.79 Å². The minimum atomic E-state index is -0.642. The number of nitrogens with one attached hydrogen (secondary N) is 2. The quantitative estimate of drug-likeness (QED) is 0.718. The third kappa shape index (κ3) is 5.08. The first-order chi connectivity index (χ1) is 13.0. The molecule has 1 aromatic carbocycles. The fourth-order valence-electron chi connectivity index (χ4n) is 3.69. The highest BCUT2D eigenvalue weighted by Crippen LogP contribution is 2.40. The molecule has 146 valence electrons. The third-order valence-electron chi connectivity index (χ3n) is 5.39. The Morgan fingerprint density at radius 3 is 2.33 bits per heavy atom. The van der Waals surface area contributed by atoms with Crippen LogP contribution in [0.3, 0.4) is 0 Å². The van der Waals surface area contributed by atoms with Crippen molar-refractivity contribution in [3.05, 3.63) is 29.8 Å². The fourth-order valence-corrected chi connectivity index (χ4v) is 3.69. The average molecular weight is 372 g/mol. The molecule has 0 aliphatic heterocycles. The zero-order valence-electron chi connectivity index (χ0n) is 15.9. The maximum absolute atomic E-state index is 13.1. The first kappa shape index (κ1) is 19.4. The molecule has 0 spiro atoms. The van der Waals surface area contributed by atoms with Crippen molar-refractivity contribution in [2.45, 2.75) is 64.3 Å². The summed E-state index contributed by atoms with van der Waals surface area (Å²) in [7, 11) is 0. The van der Waals surface area contributed by atoms with Crippen molar-refractivity contribution in [1.82, 2.24) is 5.32 Å². The van der Waals surface area contributed by atoms with Crippen molar-refractivity contribution < 1.29 is 19.1 Å². The van der Waals surface area contributed by atoms with Crippen LogP contribution < -0.4 is 10.6 Å². The molecule has 6 heteroatoms. The summed E-state index contributed by atoms with van der Waals surface area (Å²) < 4.78 is 4.97. The van der Waals surface area contributed by atoms with Crippen LogP contribution >= 0.6 is 0 Å². The molecule has 1 aromatic rings. The Bertz CT molecular complexity index is 689. The van der Waals surface area contributed by atoms with Gasteiger partial charge in [-0.3, -0.25) is 9.59 Å². The van der Waals surface area contributed by atoms with Gasteiger partial charge in [0, 0.05) is 18.2 Å². The van der Waals surface area contributed by atoms with Crippen LogP contribution in [0.4, 0.5) is 5.69 Å². The van der Waals surface area contributed by atoms with Crippen LogP contribution in [0.5, 0.6) is 0 Å². The lowest BCUT2D eigenvalue weighted by Gasteiger charge is -2.35. The topological polar surface area (TPSA) is 84.5 Å². The Morgan fingerprint density at radius 2 is 1.74 bits per heavy atom. The van der Waals surface area contributed by atoms with Crippen LogP contribution in [0, 0.1) is 5.41 Å². The lowest BCUT2D eigenvalue weighted by Crippen LogP contribution is -2.42. The molecule has 2 aliphatic rings. The molecule has 0 saturated heterocycles. The molecule has 0 bridgehead atoms. The molecular weight excluding hydrogens is 344 g/mol. The Balaban J connectivity index is 1.66. The van der Waals surface area contributed by atoms with E-state index in [1.165, 1.54) is 0 Å². The van der Waals surface area contributed by atoms with E-state index in [-0.39, 0.29) is 24.2 Å². The Labute approximate surface area is 160 Å². The molecule has 2 fully saturated rings. The van der Waals surface area contributed by atoms with Crippen molar-refractivity contribution in [1.29, 1.82) is 0 Å². The monoisotopic (exact) mass is 372 g/mol. The van der Waals surface area contributed by atoms with E-state index in [0.29, 0.717) is 23.9 Å². The number of carbonyl (C=O) groups is 3. The summed E-state index contributed by atoms with van der Waals surface area (Å²) in [4.78, 5) is 37.2. The van der Waals surface area contributed by atoms with E-state index in [1.54, 1.807) is 31.2 Å². The zero-order chi connectivity index (χ0) is 19.3. The van der Waals surface area contributed by atoms with Crippen molar-refractivity contribution in [3.8, 4) is 0 Å². The number of rotatable bonds is 7. The minimum absolute atomic E-state index is 0.0211. The summed E-state index contributed by atoms with van der Waals surface area (Å²) in [6, 6.07) is 6.98. The summed E-state index contributed by atoms with van der Waals surface area (Å²) in [5, 5.41) is 5.96.